The molecule has 0 bridgehead atoms. The third-order valence-electron chi connectivity index (χ3n) is 4.86. The summed E-state index contributed by atoms with van der Waals surface area (Å²) in [7, 11) is 1.87. The average molecular weight is 376 g/mol. The van der Waals surface area contributed by atoms with Crippen LogP contribution in [-0.2, 0) is 4.79 Å². The number of carbonyl (C=O) groups excluding carboxylic acids is 1. The fourth-order valence-corrected chi connectivity index (χ4v) is 4.35. The van der Waals surface area contributed by atoms with E-state index in [9.17, 15) is 4.79 Å². The number of amides is 1. The maximum absolute atomic E-state index is 11.7. The zero-order valence-electron chi connectivity index (χ0n) is 16.6. The van der Waals surface area contributed by atoms with Crippen LogP contribution in [0, 0.1) is 5.92 Å². The Labute approximate surface area is 162 Å². The predicted molar refractivity (Wildman–Crippen MR) is 112 cm³/mol. The Bertz CT molecular complexity index is 646. The van der Waals surface area contributed by atoms with Crippen LogP contribution in [0.4, 0.5) is 0 Å². The normalized spacial score (nSPS) is 22.9. The molecule has 26 heavy (non-hydrogen) atoms. The molecule has 2 saturated heterocycles. The molecule has 2 fully saturated rings. The summed E-state index contributed by atoms with van der Waals surface area (Å²) in [6.45, 7) is 9.62. The van der Waals surface area contributed by atoms with E-state index in [0.717, 1.165) is 29.4 Å². The SMILES string of the molecule is CC.CC1CCCNC1.CN1CCC(c2nc3ccccc3s2)CC1=O. The smallest absolute Gasteiger partial charge is 0.223 e. The van der Waals surface area contributed by atoms with E-state index in [4.69, 9.17) is 0 Å². The first-order chi connectivity index (χ1) is 12.6. The monoisotopic (exact) mass is 375 g/mol. The molecule has 2 aliphatic rings. The Morgan fingerprint density at radius 1 is 1.23 bits per heavy atom. The second-order valence-corrected chi connectivity index (χ2v) is 8.04. The number of hydrogen-bond acceptors (Lipinski definition) is 4. The van der Waals surface area contributed by atoms with E-state index in [1.165, 1.54) is 30.6 Å². The number of thiazole rings is 1. The number of piperidine rings is 2. The molecule has 4 nitrogen and oxygen atoms in total. The van der Waals surface area contributed by atoms with E-state index in [0.29, 0.717) is 12.3 Å². The number of aromatic nitrogens is 1. The number of nitrogens with zero attached hydrogens (tertiary/aromatic N) is 2. The lowest BCUT2D eigenvalue weighted by atomic mass is 9.97. The van der Waals surface area contributed by atoms with Crippen LogP contribution in [0.5, 0.6) is 0 Å². The van der Waals surface area contributed by atoms with Gasteiger partial charge in [0.05, 0.1) is 15.2 Å². The number of rotatable bonds is 1. The fraction of sp³-hybridized carbons (Fsp3) is 0.619. The van der Waals surface area contributed by atoms with Gasteiger partial charge in [-0.05, 0) is 50.4 Å². The number of fused-ring (bicyclic) bond motifs is 1. The van der Waals surface area contributed by atoms with Gasteiger partial charge in [-0.15, -0.1) is 11.3 Å². The molecule has 0 radical (unpaired) electrons. The third-order valence-corrected chi connectivity index (χ3v) is 6.06. The summed E-state index contributed by atoms with van der Waals surface area (Å²) in [5.74, 6) is 1.48. The summed E-state index contributed by atoms with van der Waals surface area (Å²) >= 11 is 1.73. The molecule has 144 valence electrons. The Balaban J connectivity index is 0.000000227. The zero-order valence-corrected chi connectivity index (χ0v) is 17.4. The summed E-state index contributed by atoms with van der Waals surface area (Å²) in [6, 6.07) is 8.16. The van der Waals surface area contributed by atoms with Crippen molar-refractivity contribution in [3.8, 4) is 0 Å². The lowest BCUT2D eigenvalue weighted by Gasteiger charge is -2.27. The molecule has 1 aromatic heterocycles. The largest absolute Gasteiger partial charge is 0.346 e. The molecule has 1 aromatic carbocycles. The lowest BCUT2D eigenvalue weighted by Crippen LogP contribution is -2.34. The zero-order chi connectivity index (χ0) is 18.9. The van der Waals surface area contributed by atoms with Gasteiger partial charge >= 0.3 is 0 Å². The first-order valence-electron chi connectivity index (χ1n) is 9.93. The Morgan fingerprint density at radius 2 is 2.00 bits per heavy atom. The van der Waals surface area contributed by atoms with Crippen LogP contribution < -0.4 is 5.32 Å². The molecule has 1 amide bonds. The van der Waals surface area contributed by atoms with Gasteiger partial charge in [-0.25, -0.2) is 4.98 Å². The number of likely N-dealkylation sites (tertiary alicyclic amines) is 1. The molecule has 3 heterocycles. The molecule has 0 spiro atoms. The van der Waals surface area contributed by atoms with E-state index >= 15 is 0 Å². The first-order valence-corrected chi connectivity index (χ1v) is 10.8. The van der Waals surface area contributed by atoms with Gasteiger partial charge in [0.15, 0.2) is 0 Å². The number of hydrogen-bond donors (Lipinski definition) is 1. The fourth-order valence-electron chi connectivity index (χ4n) is 3.24. The molecule has 0 saturated carbocycles. The van der Waals surface area contributed by atoms with Gasteiger partial charge in [0.2, 0.25) is 5.91 Å². The summed E-state index contributed by atoms with van der Waals surface area (Å²) in [4.78, 5) is 18.1. The minimum atomic E-state index is 0.237. The Morgan fingerprint density at radius 3 is 2.58 bits per heavy atom. The number of nitrogens with one attached hydrogen (secondary N) is 1. The van der Waals surface area contributed by atoms with E-state index in [-0.39, 0.29) is 5.91 Å². The van der Waals surface area contributed by atoms with Crippen LogP contribution in [0.3, 0.4) is 0 Å². The van der Waals surface area contributed by atoms with Crippen molar-refractivity contribution in [1.29, 1.82) is 0 Å². The number of benzene rings is 1. The van der Waals surface area contributed by atoms with Gasteiger partial charge in [0, 0.05) is 25.9 Å². The number of para-hydroxylation sites is 1. The molecule has 2 aromatic rings. The quantitative estimate of drug-likeness (QED) is 0.788. The van der Waals surface area contributed by atoms with Crippen molar-refractivity contribution in [2.24, 2.45) is 5.92 Å². The van der Waals surface area contributed by atoms with Crippen molar-refractivity contribution >= 4 is 27.5 Å². The van der Waals surface area contributed by atoms with Gasteiger partial charge in [-0.3, -0.25) is 4.79 Å². The summed E-state index contributed by atoms with van der Waals surface area (Å²) < 4.78 is 1.22. The topological polar surface area (TPSA) is 45.2 Å². The average Bonchev–Trinajstić information content (AvgIpc) is 3.11. The van der Waals surface area contributed by atoms with Gasteiger partial charge in [-0.1, -0.05) is 32.9 Å². The highest BCUT2D eigenvalue weighted by Crippen LogP contribution is 2.33. The molecular formula is C21H33N3OS. The van der Waals surface area contributed by atoms with Gasteiger partial charge in [0.25, 0.3) is 0 Å². The van der Waals surface area contributed by atoms with Crippen molar-refractivity contribution in [1.82, 2.24) is 15.2 Å². The van der Waals surface area contributed by atoms with Crippen LogP contribution in [0.25, 0.3) is 10.2 Å². The maximum atomic E-state index is 11.7. The van der Waals surface area contributed by atoms with Crippen LogP contribution >= 0.6 is 11.3 Å². The van der Waals surface area contributed by atoms with Crippen molar-refractivity contribution in [2.75, 3.05) is 26.7 Å². The minimum absolute atomic E-state index is 0.237. The maximum Gasteiger partial charge on any atom is 0.223 e. The second-order valence-electron chi connectivity index (χ2n) is 6.98. The van der Waals surface area contributed by atoms with E-state index < -0.39 is 0 Å². The highest BCUT2D eigenvalue weighted by molar-refractivity contribution is 7.18. The molecule has 2 unspecified atom stereocenters. The van der Waals surface area contributed by atoms with Crippen molar-refractivity contribution in [2.45, 2.75) is 52.4 Å². The van der Waals surface area contributed by atoms with Crippen molar-refractivity contribution in [3.63, 3.8) is 0 Å². The van der Waals surface area contributed by atoms with Crippen LogP contribution in [0.15, 0.2) is 24.3 Å². The molecule has 2 aliphatic heterocycles. The lowest BCUT2D eigenvalue weighted by molar-refractivity contribution is -0.132. The standard InChI is InChI=1S/C13H14N2OS.C6H13N.C2H6/c1-15-7-6-9(8-12(15)16)13-14-10-4-2-3-5-11(10)17-13;1-6-3-2-4-7-5-6;1-2/h2-5,9H,6-8H2,1H3;6-7H,2-5H2,1H3;1-2H3. The predicted octanol–water partition coefficient (Wildman–Crippen LogP) is 4.66. The molecular weight excluding hydrogens is 342 g/mol. The minimum Gasteiger partial charge on any atom is -0.346 e. The Hall–Kier alpha value is -1.46. The molecule has 4 rings (SSSR count). The first kappa shape index (κ1) is 20.8. The van der Waals surface area contributed by atoms with E-state index in [1.54, 1.807) is 11.3 Å². The summed E-state index contributed by atoms with van der Waals surface area (Å²) in [5, 5.41) is 4.45. The highest BCUT2D eigenvalue weighted by atomic mass is 32.1. The van der Waals surface area contributed by atoms with E-state index in [1.807, 2.05) is 44.0 Å². The van der Waals surface area contributed by atoms with E-state index in [2.05, 4.69) is 23.3 Å². The summed E-state index contributed by atoms with van der Waals surface area (Å²) in [5.41, 5.74) is 1.05. The molecule has 1 N–H and O–H groups in total. The van der Waals surface area contributed by atoms with Crippen LogP contribution in [0.2, 0.25) is 0 Å². The molecule has 2 atom stereocenters. The van der Waals surface area contributed by atoms with Gasteiger partial charge in [0.1, 0.15) is 0 Å². The Kier molecular flexibility index (Phi) is 8.52. The summed E-state index contributed by atoms with van der Waals surface area (Å²) in [6.07, 6.45) is 4.44. The van der Waals surface area contributed by atoms with Gasteiger partial charge < -0.3 is 10.2 Å². The van der Waals surface area contributed by atoms with Crippen molar-refractivity contribution in [3.05, 3.63) is 29.3 Å². The van der Waals surface area contributed by atoms with Gasteiger partial charge in [-0.2, -0.15) is 0 Å². The van der Waals surface area contributed by atoms with Crippen molar-refractivity contribution < 1.29 is 4.79 Å². The number of carbonyl (C=O) groups is 1. The van der Waals surface area contributed by atoms with Crippen LogP contribution in [0.1, 0.15) is 57.4 Å². The molecule has 5 heteroatoms. The molecule has 0 aliphatic carbocycles. The third kappa shape index (κ3) is 5.78. The highest BCUT2D eigenvalue weighted by Gasteiger charge is 2.26. The van der Waals surface area contributed by atoms with Crippen LogP contribution in [-0.4, -0.2) is 42.5 Å². The second kappa shape index (κ2) is 10.6.